The van der Waals surface area contributed by atoms with E-state index in [1.54, 1.807) is 0 Å². The second-order valence-electron chi connectivity index (χ2n) is 15.0. The number of nitrogens with zero attached hydrogens (tertiary/aromatic N) is 3. The van der Waals surface area contributed by atoms with Gasteiger partial charge in [-0.1, -0.05) is 164 Å². The lowest BCUT2D eigenvalue weighted by molar-refractivity contribution is 0.554. The van der Waals surface area contributed by atoms with Gasteiger partial charge in [0.1, 0.15) is 5.76 Å². The number of hydrogen-bond acceptors (Lipinski definition) is 3. The molecule has 0 bridgehead atoms. The van der Waals surface area contributed by atoms with Gasteiger partial charge in [-0.2, -0.15) is 0 Å². The monoisotopic (exact) mass is 739 g/mol. The van der Waals surface area contributed by atoms with Crippen LogP contribution in [0, 0.1) is 0 Å². The molecular formula is C54H33N3O. The normalized spacial score (nSPS) is 11.8. The van der Waals surface area contributed by atoms with E-state index >= 15 is 0 Å². The third kappa shape index (κ3) is 5.09. The molecule has 58 heavy (non-hydrogen) atoms. The molecule has 0 aliphatic heterocycles. The van der Waals surface area contributed by atoms with Gasteiger partial charge in [-0.3, -0.25) is 0 Å². The van der Waals surface area contributed by atoms with Crippen molar-refractivity contribution in [3.63, 3.8) is 0 Å². The maximum atomic E-state index is 6.91. The summed E-state index contributed by atoms with van der Waals surface area (Å²) in [6.45, 7) is 0. The summed E-state index contributed by atoms with van der Waals surface area (Å²) in [6, 6.07) is 71.4. The van der Waals surface area contributed by atoms with Crippen molar-refractivity contribution in [2.45, 2.75) is 0 Å². The van der Waals surface area contributed by atoms with Gasteiger partial charge in [0.25, 0.3) is 0 Å². The summed E-state index contributed by atoms with van der Waals surface area (Å²) in [5, 5.41) is 21.6. The number of hydrogen-bond donors (Lipinski definition) is 0. The van der Waals surface area contributed by atoms with Gasteiger partial charge in [-0.05, 0) is 106 Å². The Bertz CT molecular complexity index is 3450. The Kier molecular flexibility index (Phi) is 7.20. The number of furan rings is 1. The summed E-state index contributed by atoms with van der Waals surface area (Å²) in [7, 11) is 0. The SMILES string of the molecule is c1ccc(-c2nnc(-c3ccccc3)n2-c2ccc(-c3cc4ccc5cccc6c(-c7ccc8ccccc8c7)c(-c7ccc8ccccc8c7)c(c3)c4c56)o2)cc1. The zero-order valence-electron chi connectivity index (χ0n) is 31.3. The second kappa shape index (κ2) is 12.9. The van der Waals surface area contributed by atoms with Crippen molar-refractivity contribution in [1.29, 1.82) is 0 Å². The fourth-order valence-corrected chi connectivity index (χ4v) is 8.99. The fraction of sp³-hybridized carbons (Fsp3) is 0. The molecule has 12 aromatic rings. The summed E-state index contributed by atoms with van der Waals surface area (Å²) >= 11 is 0. The van der Waals surface area contributed by atoms with Crippen molar-refractivity contribution in [2.24, 2.45) is 0 Å². The first-order valence-corrected chi connectivity index (χ1v) is 19.6. The molecule has 0 aliphatic rings. The van der Waals surface area contributed by atoms with Crippen LogP contribution < -0.4 is 0 Å². The third-order valence-electron chi connectivity index (χ3n) is 11.6. The molecule has 0 saturated carbocycles. The van der Waals surface area contributed by atoms with Crippen molar-refractivity contribution in [2.75, 3.05) is 0 Å². The maximum Gasteiger partial charge on any atom is 0.207 e. The highest BCUT2D eigenvalue weighted by Crippen LogP contribution is 2.49. The topological polar surface area (TPSA) is 43.9 Å². The Labute approximate surface area is 334 Å². The van der Waals surface area contributed by atoms with E-state index in [2.05, 4.69) is 158 Å². The minimum absolute atomic E-state index is 0.648. The average molecular weight is 740 g/mol. The van der Waals surface area contributed by atoms with Crippen molar-refractivity contribution < 1.29 is 4.42 Å². The highest BCUT2D eigenvalue weighted by molar-refractivity contribution is 6.31. The summed E-state index contributed by atoms with van der Waals surface area (Å²) in [4.78, 5) is 0. The van der Waals surface area contributed by atoms with Crippen molar-refractivity contribution >= 4 is 53.9 Å². The van der Waals surface area contributed by atoms with Crippen LogP contribution in [0.3, 0.4) is 0 Å². The first-order valence-electron chi connectivity index (χ1n) is 19.6. The van der Waals surface area contributed by atoms with Crippen LogP contribution in [-0.4, -0.2) is 14.8 Å². The Morgan fingerprint density at radius 3 is 1.47 bits per heavy atom. The van der Waals surface area contributed by atoms with Crippen LogP contribution >= 0.6 is 0 Å². The predicted octanol–water partition coefficient (Wildman–Crippen LogP) is 14.4. The molecular weight excluding hydrogens is 707 g/mol. The summed E-state index contributed by atoms with van der Waals surface area (Å²) in [5.74, 6) is 2.85. The molecule has 4 nitrogen and oxygen atoms in total. The van der Waals surface area contributed by atoms with Crippen LogP contribution in [0.15, 0.2) is 205 Å². The Balaban J connectivity index is 1.14. The van der Waals surface area contributed by atoms with Crippen LogP contribution in [-0.2, 0) is 0 Å². The van der Waals surface area contributed by atoms with Crippen molar-refractivity contribution in [3.8, 4) is 62.2 Å². The van der Waals surface area contributed by atoms with Gasteiger partial charge >= 0.3 is 0 Å². The standard InChI is InChI=1S/C54H33N3O/c1-3-14-37(15-4-1)53-55-56-54(38-16-5-2-6-17-38)57(53)48-29-28-47(58-48)44-32-43-27-24-36-20-11-21-45-49(36)51(43)46(33-44)52(42-26-23-35-13-8-10-19-40(35)31-42)50(45)41-25-22-34-12-7-9-18-39(34)30-41/h1-33H. The second-order valence-corrected chi connectivity index (χ2v) is 15.0. The Morgan fingerprint density at radius 1 is 0.328 bits per heavy atom. The molecule has 0 aliphatic carbocycles. The van der Waals surface area contributed by atoms with Gasteiger partial charge < -0.3 is 4.42 Å². The summed E-state index contributed by atoms with van der Waals surface area (Å²) < 4.78 is 8.94. The molecule has 4 heteroatoms. The smallest absolute Gasteiger partial charge is 0.207 e. The molecule has 0 spiro atoms. The quantitative estimate of drug-likeness (QED) is 0.160. The van der Waals surface area contributed by atoms with Crippen LogP contribution in [0.25, 0.3) is 116 Å². The molecule has 12 rings (SSSR count). The highest BCUT2D eigenvalue weighted by atomic mass is 16.4. The van der Waals surface area contributed by atoms with E-state index in [-0.39, 0.29) is 0 Å². The van der Waals surface area contributed by atoms with E-state index in [1.165, 1.54) is 76.1 Å². The summed E-state index contributed by atoms with van der Waals surface area (Å²) in [5.41, 5.74) is 7.72. The molecule has 0 fully saturated rings. The van der Waals surface area contributed by atoms with E-state index in [0.717, 1.165) is 34.1 Å². The average Bonchev–Trinajstić information content (AvgIpc) is 3.97. The Morgan fingerprint density at radius 2 is 0.828 bits per heavy atom. The zero-order valence-corrected chi connectivity index (χ0v) is 31.3. The zero-order chi connectivity index (χ0) is 38.2. The van der Waals surface area contributed by atoms with E-state index in [9.17, 15) is 0 Å². The molecule has 0 unspecified atom stereocenters. The minimum Gasteiger partial charge on any atom is -0.440 e. The van der Waals surface area contributed by atoms with Gasteiger partial charge in [0.15, 0.2) is 11.6 Å². The molecule has 0 radical (unpaired) electrons. The number of fused-ring (bicyclic) bond motifs is 2. The largest absolute Gasteiger partial charge is 0.440 e. The first-order chi connectivity index (χ1) is 28.7. The predicted molar refractivity (Wildman–Crippen MR) is 240 cm³/mol. The van der Waals surface area contributed by atoms with Crippen molar-refractivity contribution in [1.82, 2.24) is 14.8 Å². The van der Waals surface area contributed by atoms with Crippen LogP contribution in [0.1, 0.15) is 0 Å². The molecule has 10 aromatic carbocycles. The molecule has 0 N–H and O–H groups in total. The fourth-order valence-electron chi connectivity index (χ4n) is 8.99. The van der Waals surface area contributed by atoms with Crippen LogP contribution in [0.2, 0.25) is 0 Å². The minimum atomic E-state index is 0.648. The van der Waals surface area contributed by atoms with Gasteiger partial charge in [0, 0.05) is 22.8 Å². The van der Waals surface area contributed by atoms with E-state index in [4.69, 9.17) is 14.6 Å². The van der Waals surface area contributed by atoms with Gasteiger partial charge in [-0.25, -0.2) is 4.57 Å². The molecule has 2 heterocycles. The van der Waals surface area contributed by atoms with Crippen molar-refractivity contribution in [3.05, 3.63) is 200 Å². The summed E-state index contributed by atoms with van der Waals surface area (Å²) in [6.07, 6.45) is 0. The Hall–Kier alpha value is -7.82. The molecule has 0 atom stereocenters. The number of benzene rings is 10. The molecule has 2 aromatic heterocycles. The van der Waals surface area contributed by atoms with E-state index in [0.29, 0.717) is 5.88 Å². The number of aromatic nitrogens is 3. The molecule has 0 saturated heterocycles. The lowest BCUT2D eigenvalue weighted by Gasteiger charge is -2.22. The maximum absolute atomic E-state index is 6.91. The lowest BCUT2D eigenvalue weighted by Crippen LogP contribution is -1.99. The lowest BCUT2D eigenvalue weighted by atomic mass is 9.81. The van der Waals surface area contributed by atoms with E-state index in [1.807, 2.05) is 47.0 Å². The molecule has 270 valence electrons. The van der Waals surface area contributed by atoms with Gasteiger partial charge in [-0.15, -0.1) is 10.2 Å². The third-order valence-corrected chi connectivity index (χ3v) is 11.6. The van der Waals surface area contributed by atoms with Crippen LogP contribution in [0.4, 0.5) is 0 Å². The first kappa shape index (κ1) is 32.4. The van der Waals surface area contributed by atoms with E-state index < -0.39 is 0 Å². The number of rotatable bonds is 6. The van der Waals surface area contributed by atoms with Crippen LogP contribution in [0.5, 0.6) is 0 Å². The van der Waals surface area contributed by atoms with Gasteiger partial charge in [0.05, 0.1) is 0 Å². The highest BCUT2D eigenvalue weighted by Gasteiger charge is 2.24. The molecule has 0 amide bonds. The van der Waals surface area contributed by atoms with Gasteiger partial charge in [0.2, 0.25) is 5.88 Å².